The average molecular weight is 145 g/mol. The molecule has 0 fully saturated rings. The fraction of sp³-hybridized carbons (Fsp3) is 0.857. The van der Waals surface area contributed by atoms with Crippen LogP contribution in [0.5, 0.6) is 0 Å². The van der Waals surface area contributed by atoms with Crippen molar-refractivity contribution in [2.45, 2.75) is 19.8 Å². The predicted molar refractivity (Wildman–Crippen MR) is 40.0 cm³/mol. The van der Waals surface area contributed by atoms with Crippen LogP contribution >= 0.6 is 0 Å². The van der Waals surface area contributed by atoms with Gasteiger partial charge in [-0.3, -0.25) is 4.79 Å². The third-order valence-electron chi connectivity index (χ3n) is 1.49. The van der Waals surface area contributed by atoms with E-state index in [1.807, 2.05) is 7.05 Å². The Morgan fingerprint density at radius 2 is 2.30 bits per heavy atom. The minimum absolute atomic E-state index is 0.201. The molecule has 0 aliphatic heterocycles. The Bertz CT molecular complexity index is 104. The van der Waals surface area contributed by atoms with Crippen LogP contribution in [0.3, 0.4) is 0 Å². The van der Waals surface area contributed by atoms with Crippen LogP contribution in [0.1, 0.15) is 19.8 Å². The second-order valence-electron chi connectivity index (χ2n) is 2.49. The van der Waals surface area contributed by atoms with Crippen LogP contribution < -0.4 is 5.32 Å². The second-order valence-corrected chi connectivity index (χ2v) is 2.49. The van der Waals surface area contributed by atoms with E-state index in [1.165, 1.54) is 0 Å². The molecule has 2 N–H and O–H groups in total. The second kappa shape index (κ2) is 5.23. The Kier molecular flexibility index (Phi) is 4.94. The van der Waals surface area contributed by atoms with E-state index in [9.17, 15) is 4.79 Å². The molecule has 60 valence electrons. The van der Waals surface area contributed by atoms with Gasteiger partial charge < -0.3 is 10.4 Å². The van der Waals surface area contributed by atoms with Crippen molar-refractivity contribution in [2.75, 3.05) is 13.6 Å². The maximum atomic E-state index is 10.3. The van der Waals surface area contributed by atoms with E-state index in [2.05, 4.69) is 5.32 Å². The molecule has 0 radical (unpaired) electrons. The summed E-state index contributed by atoms with van der Waals surface area (Å²) in [5.41, 5.74) is 0. The highest BCUT2D eigenvalue weighted by atomic mass is 16.4. The zero-order chi connectivity index (χ0) is 7.98. The lowest BCUT2D eigenvalue weighted by Crippen LogP contribution is -2.13. The Labute approximate surface area is 61.4 Å². The molecule has 3 nitrogen and oxygen atoms in total. The van der Waals surface area contributed by atoms with Gasteiger partial charge in [0.1, 0.15) is 0 Å². The molecule has 1 atom stereocenters. The molecule has 0 aliphatic carbocycles. The van der Waals surface area contributed by atoms with E-state index in [0.29, 0.717) is 0 Å². The van der Waals surface area contributed by atoms with E-state index in [4.69, 9.17) is 5.11 Å². The van der Waals surface area contributed by atoms with E-state index in [1.54, 1.807) is 6.92 Å². The van der Waals surface area contributed by atoms with Crippen LogP contribution in [-0.2, 0) is 4.79 Å². The zero-order valence-corrected chi connectivity index (χ0v) is 6.55. The average Bonchev–Trinajstić information content (AvgIpc) is 1.88. The number of carbonyl (C=O) groups is 1. The van der Waals surface area contributed by atoms with Crippen LogP contribution in [0.25, 0.3) is 0 Å². The lowest BCUT2D eigenvalue weighted by Gasteiger charge is -2.03. The number of rotatable bonds is 5. The molecule has 0 spiro atoms. The summed E-state index contributed by atoms with van der Waals surface area (Å²) in [7, 11) is 1.87. The predicted octanol–water partition coefficient (Wildman–Crippen LogP) is 0.707. The highest BCUT2D eigenvalue weighted by molar-refractivity contribution is 5.69. The highest BCUT2D eigenvalue weighted by Gasteiger charge is 2.08. The SMILES string of the molecule is CNCCCC(C)C(=O)O. The Hall–Kier alpha value is -0.570. The maximum Gasteiger partial charge on any atom is 0.306 e. The minimum Gasteiger partial charge on any atom is -0.481 e. The Balaban J connectivity index is 3.21. The summed E-state index contributed by atoms with van der Waals surface area (Å²) in [6.45, 7) is 2.63. The summed E-state index contributed by atoms with van der Waals surface area (Å²) in [6, 6.07) is 0. The highest BCUT2D eigenvalue weighted by Crippen LogP contribution is 2.03. The van der Waals surface area contributed by atoms with Crippen molar-refractivity contribution < 1.29 is 9.90 Å². The standard InChI is InChI=1S/C7H15NO2/c1-6(7(9)10)4-3-5-8-2/h6,8H,3-5H2,1-2H3,(H,9,10). The van der Waals surface area contributed by atoms with E-state index in [-0.39, 0.29) is 5.92 Å². The zero-order valence-electron chi connectivity index (χ0n) is 6.55. The van der Waals surface area contributed by atoms with Crippen LogP contribution in [0.15, 0.2) is 0 Å². The fourth-order valence-corrected chi connectivity index (χ4v) is 0.709. The summed E-state index contributed by atoms with van der Waals surface area (Å²) in [4.78, 5) is 10.3. The molecular formula is C7H15NO2. The Morgan fingerprint density at radius 1 is 1.70 bits per heavy atom. The van der Waals surface area contributed by atoms with Gasteiger partial charge in [-0.25, -0.2) is 0 Å². The van der Waals surface area contributed by atoms with E-state index < -0.39 is 5.97 Å². The molecule has 0 saturated heterocycles. The van der Waals surface area contributed by atoms with Gasteiger partial charge in [0.2, 0.25) is 0 Å². The van der Waals surface area contributed by atoms with Crippen LogP contribution in [0.4, 0.5) is 0 Å². The first-order chi connectivity index (χ1) is 4.68. The number of hydrogen-bond acceptors (Lipinski definition) is 2. The fourth-order valence-electron chi connectivity index (χ4n) is 0.709. The molecule has 0 heterocycles. The molecule has 0 aromatic rings. The topological polar surface area (TPSA) is 49.3 Å². The van der Waals surface area contributed by atoms with Crippen molar-refractivity contribution in [1.29, 1.82) is 0 Å². The van der Waals surface area contributed by atoms with Gasteiger partial charge in [-0.05, 0) is 26.4 Å². The van der Waals surface area contributed by atoms with Crippen molar-refractivity contribution in [1.82, 2.24) is 5.32 Å². The third kappa shape index (κ3) is 4.32. The van der Waals surface area contributed by atoms with Gasteiger partial charge in [0.25, 0.3) is 0 Å². The number of carboxylic acid groups (broad SMARTS) is 1. The Morgan fingerprint density at radius 3 is 2.70 bits per heavy atom. The van der Waals surface area contributed by atoms with Gasteiger partial charge in [-0.15, -0.1) is 0 Å². The summed E-state index contributed by atoms with van der Waals surface area (Å²) in [6.07, 6.45) is 1.69. The molecule has 0 aromatic carbocycles. The van der Waals surface area contributed by atoms with Crippen molar-refractivity contribution >= 4 is 5.97 Å². The number of hydrogen-bond donors (Lipinski definition) is 2. The largest absolute Gasteiger partial charge is 0.481 e. The van der Waals surface area contributed by atoms with Crippen molar-refractivity contribution in [3.8, 4) is 0 Å². The lowest BCUT2D eigenvalue weighted by molar-refractivity contribution is -0.141. The lowest BCUT2D eigenvalue weighted by atomic mass is 10.1. The first-order valence-electron chi connectivity index (χ1n) is 3.56. The third-order valence-corrected chi connectivity index (χ3v) is 1.49. The number of nitrogens with one attached hydrogen (secondary N) is 1. The van der Waals surface area contributed by atoms with Crippen LogP contribution in [0, 0.1) is 5.92 Å². The van der Waals surface area contributed by atoms with Gasteiger partial charge in [-0.2, -0.15) is 0 Å². The summed E-state index contributed by atoms with van der Waals surface area (Å²) in [5.74, 6) is -0.899. The van der Waals surface area contributed by atoms with Gasteiger partial charge in [0.15, 0.2) is 0 Å². The monoisotopic (exact) mass is 145 g/mol. The molecule has 0 aliphatic rings. The molecule has 0 amide bonds. The van der Waals surface area contributed by atoms with Crippen molar-refractivity contribution in [3.05, 3.63) is 0 Å². The van der Waals surface area contributed by atoms with Crippen LogP contribution in [-0.4, -0.2) is 24.7 Å². The normalized spacial score (nSPS) is 13.0. The molecule has 0 aromatic heterocycles. The first-order valence-corrected chi connectivity index (χ1v) is 3.56. The van der Waals surface area contributed by atoms with Gasteiger partial charge >= 0.3 is 5.97 Å². The first kappa shape index (κ1) is 9.43. The van der Waals surface area contributed by atoms with Crippen molar-refractivity contribution in [3.63, 3.8) is 0 Å². The molecule has 3 heteroatoms. The van der Waals surface area contributed by atoms with Crippen LogP contribution in [0.2, 0.25) is 0 Å². The van der Waals surface area contributed by atoms with Crippen molar-refractivity contribution in [2.24, 2.45) is 5.92 Å². The quantitative estimate of drug-likeness (QED) is 0.560. The molecule has 1 unspecified atom stereocenters. The number of aliphatic carboxylic acids is 1. The summed E-state index contributed by atoms with van der Waals surface area (Å²) < 4.78 is 0. The number of carboxylic acids is 1. The molecule has 0 saturated carbocycles. The molecule has 10 heavy (non-hydrogen) atoms. The molecule has 0 rings (SSSR count). The van der Waals surface area contributed by atoms with E-state index in [0.717, 1.165) is 19.4 Å². The smallest absolute Gasteiger partial charge is 0.306 e. The maximum absolute atomic E-state index is 10.3. The van der Waals surface area contributed by atoms with E-state index >= 15 is 0 Å². The van der Waals surface area contributed by atoms with Gasteiger partial charge in [-0.1, -0.05) is 6.92 Å². The van der Waals surface area contributed by atoms with Gasteiger partial charge in [0.05, 0.1) is 5.92 Å². The minimum atomic E-state index is -0.698. The summed E-state index contributed by atoms with van der Waals surface area (Å²) >= 11 is 0. The summed E-state index contributed by atoms with van der Waals surface area (Å²) in [5, 5.41) is 11.4. The molecular weight excluding hydrogens is 130 g/mol. The van der Waals surface area contributed by atoms with Gasteiger partial charge in [0, 0.05) is 0 Å². The molecule has 0 bridgehead atoms.